The van der Waals surface area contributed by atoms with E-state index in [0.717, 1.165) is 4.31 Å². The monoisotopic (exact) mass is 396 g/mol. The lowest BCUT2D eigenvalue weighted by Crippen LogP contribution is -2.50. The maximum absolute atomic E-state index is 13.1. The molecule has 1 aliphatic rings. The van der Waals surface area contributed by atoms with Gasteiger partial charge in [-0.3, -0.25) is 14.8 Å². The zero-order chi connectivity index (χ0) is 18.9. The van der Waals surface area contributed by atoms with Crippen LogP contribution >= 0.6 is 11.3 Å². The lowest BCUT2D eigenvalue weighted by atomic mass is 10.1. The molecule has 1 aromatic carbocycles. The van der Waals surface area contributed by atoms with Crippen LogP contribution in [-0.4, -0.2) is 49.3 Å². The Morgan fingerprint density at radius 1 is 1.31 bits per heavy atom. The van der Waals surface area contributed by atoms with Crippen molar-refractivity contribution < 1.29 is 28.0 Å². The molecule has 0 radical (unpaired) electrons. The van der Waals surface area contributed by atoms with E-state index in [9.17, 15) is 18.0 Å². The molecule has 1 atom stereocenters. The van der Waals surface area contributed by atoms with Crippen molar-refractivity contribution in [1.29, 1.82) is 0 Å². The van der Waals surface area contributed by atoms with Gasteiger partial charge in [-0.1, -0.05) is 0 Å². The summed E-state index contributed by atoms with van der Waals surface area (Å²) in [4.78, 5) is 25.2. The average Bonchev–Trinajstić information content (AvgIpc) is 3.06. The minimum Gasteiger partial charge on any atom is -0.497 e. The third-order valence-electron chi connectivity index (χ3n) is 4.15. The first-order valence-corrected chi connectivity index (χ1v) is 9.90. The molecule has 1 unspecified atom stereocenters. The Morgan fingerprint density at radius 2 is 2.00 bits per heavy atom. The van der Waals surface area contributed by atoms with Crippen LogP contribution in [0.3, 0.4) is 0 Å². The Bertz CT molecular complexity index is 936. The topological polar surface area (TPSA) is 113 Å². The largest absolute Gasteiger partial charge is 0.497 e. The fourth-order valence-corrected chi connectivity index (χ4v) is 5.27. The summed E-state index contributed by atoms with van der Waals surface area (Å²) in [6.07, 6.45) is 0.000514. The molecule has 0 spiro atoms. The smallest absolute Gasteiger partial charge is 0.262 e. The van der Waals surface area contributed by atoms with Crippen LogP contribution in [0.2, 0.25) is 0 Å². The maximum Gasteiger partial charge on any atom is 0.262 e. The number of ether oxygens (including phenoxy) is 1. The van der Waals surface area contributed by atoms with Gasteiger partial charge in [-0.2, -0.15) is 4.31 Å². The number of carbonyl (C=O) groups excluding carboxylic acids is 2. The molecule has 0 saturated heterocycles. The molecule has 8 nitrogen and oxygen atoms in total. The molecule has 0 bridgehead atoms. The second kappa shape index (κ2) is 7.16. The van der Waals surface area contributed by atoms with E-state index in [-0.39, 0.29) is 11.3 Å². The fourth-order valence-electron chi connectivity index (χ4n) is 2.80. The van der Waals surface area contributed by atoms with Crippen LogP contribution in [0.15, 0.2) is 40.6 Å². The van der Waals surface area contributed by atoms with E-state index in [4.69, 9.17) is 9.94 Å². The average molecular weight is 396 g/mol. The number of sulfonamides is 1. The zero-order valence-electron chi connectivity index (χ0n) is 13.7. The van der Waals surface area contributed by atoms with Crippen molar-refractivity contribution in [1.82, 2.24) is 9.79 Å². The highest BCUT2D eigenvalue weighted by atomic mass is 32.2. The third-order valence-corrected chi connectivity index (χ3v) is 6.96. The van der Waals surface area contributed by atoms with E-state index in [0.29, 0.717) is 16.2 Å². The van der Waals surface area contributed by atoms with E-state index in [1.807, 2.05) is 0 Å². The Morgan fingerprint density at radius 3 is 2.62 bits per heavy atom. The number of hydrogen-bond donors (Lipinski definition) is 2. The van der Waals surface area contributed by atoms with Gasteiger partial charge in [0.2, 0.25) is 10.0 Å². The number of fused-ring (bicyclic) bond motifs is 1. The van der Waals surface area contributed by atoms with Crippen molar-refractivity contribution in [3.05, 3.63) is 46.2 Å². The van der Waals surface area contributed by atoms with Gasteiger partial charge in [0.15, 0.2) is 5.78 Å². The van der Waals surface area contributed by atoms with Crippen molar-refractivity contribution in [2.45, 2.75) is 17.4 Å². The minimum absolute atomic E-state index is 0.000514. The molecule has 0 saturated carbocycles. The predicted molar refractivity (Wildman–Crippen MR) is 93.0 cm³/mol. The second-order valence-electron chi connectivity index (χ2n) is 5.60. The van der Waals surface area contributed by atoms with Crippen LogP contribution in [0.1, 0.15) is 15.2 Å². The number of methoxy groups -OCH3 is 1. The molecular formula is C16H16N2O6S2. The van der Waals surface area contributed by atoms with Crippen LogP contribution in [0.5, 0.6) is 5.75 Å². The van der Waals surface area contributed by atoms with E-state index < -0.39 is 34.3 Å². The van der Waals surface area contributed by atoms with Gasteiger partial charge in [-0.25, -0.2) is 13.9 Å². The van der Waals surface area contributed by atoms with Crippen molar-refractivity contribution >= 4 is 33.1 Å². The summed E-state index contributed by atoms with van der Waals surface area (Å²) in [7, 11) is -2.70. The molecule has 3 rings (SSSR count). The Kier molecular flexibility index (Phi) is 5.10. The number of ketones is 1. The van der Waals surface area contributed by atoms with Gasteiger partial charge >= 0.3 is 0 Å². The molecular weight excluding hydrogens is 380 g/mol. The van der Waals surface area contributed by atoms with Gasteiger partial charge in [-0.05, 0) is 35.7 Å². The first-order chi connectivity index (χ1) is 12.4. The normalized spacial score (nSPS) is 18.1. The number of hydrogen-bond acceptors (Lipinski definition) is 7. The van der Waals surface area contributed by atoms with Crippen molar-refractivity contribution in [3.8, 4) is 5.75 Å². The van der Waals surface area contributed by atoms with Gasteiger partial charge in [-0.15, -0.1) is 11.3 Å². The maximum atomic E-state index is 13.1. The van der Waals surface area contributed by atoms with Crippen LogP contribution in [0.25, 0.3) is 0 Å². The summed E-state index contributed by atoms with van der Waals surface area (Å²) >= 11 is 1.27. The predicted octanol–water partition coefficient (Wildman–Crippen LogP) is 1.06. The first kappa shape index (κ1) is 18.5. The van der Waals surface area contributed by atoms with Crippen LogP contribution in [0, 0.1) is 0 Å². The van der Waals surface area contributed by atoms with E-state index >= 15 is 0 Å². The lowest BCUT2D eigenvalue weighted by Gasteiger charge is -2.26. The molecule has 1 amide bonds. The van der Waals surface area contributed by atoms with Gasteiger partial charge in [0.25, 0.3) is 5.91 Å². The van der Waals surface area contributed by atoms with E-state index in [2.05, 4.69) is 0 Å². The number of nitrogens with one attached hydrogen (secondary N) is 1. The van der Waals surface area contributed by atoms with Gasteiger partial charge in [0, 0.05) is 16.9 Å². The fraction of sp³-hybridized carbons (Fsp3) is 0.250. The molecule has 0 fully saturated rings. The van der Waals surface area contributed by atoms with Gasteiger partial charge in [0.05, 0.1) is 18.6 Å². The van der Waals surface area contributed by atoms with E-state index in [1.165, 1.54) is 48.2 Å². The molecule has 138 valence electrons. The standard InChI is InChI=1S/C16H16N2O6S2/c1-24-10-2-4-11(5-3-10)26(22,23)18-9-14(19)12-6-7-25-15(12)8-13(18)16(20)17-21/h2-7,13,21H,8-9H2,1H3,(H,17,20). The summed E-state index contributed by atoms with van der Waals surface area (Å²) < 4.78 is 32.0. The molecule has 1 aromatic heterocycles. The van der Waals surface area contributed by atoms with Crippen LogP contribution in [0.4, 0.5) is 0 Å². The zero-order valence-corrected chi connectivity index (χ0v) is 15.3. The molecule has 0 aliphatic carbocycles. The van der Waals surface area contributed by atoms with Crippen molar-refractivity contribution in [3.63, 3.8) is 0 Å². The Balaban J connectivity index is 2.05. The highest BCUT2D eigenvalue weighted by molar-refractivity contribution is 7.89. The Labute approximate surface area is 154 Å². The molecule has 2 N–H and O–H groups in total. The first-order valence-electron chi connectivity index (χ1n) is 7.58. The molecule has 2 aromatic rings. The quantitative estimate of drug-likeness (QED) is 0.590. The van der Waals surface area contributed by atoms with Gasteiger partial charge in [0.1, 0.15) is 11.8 Å². The number of thiophene rings is 1. The van der Waals surface area contributed by atoms with Crippen LogP contribution in [-0.2, 0) is 21.2 Å². The van der Waals surface area contributed by atoms with Crippen molar-refractivity contribution in [2.75, 3.05) is 13.7 Å². The van der Waals surface area contributed by atoms with E-state index in [1.54, 1.807) is 11.4 Å². The van der Waals surface area contributed by atoms with Crippen LogP contribution < -0.4 is 10.2 Å². The molecule has 2 heterocycles. The SMILES string of the molecule is COc1ccc(S(=O)(=O)N2CC(=O)c3ccsc3CC2C(=O)NO)cc1. The van der Waals surface area contributed by atoms with Gasteiger partial charge < -0.3 is 4.74 Å². The summed E-state index contributed by atoms with van der Waals surface area (Å²) in [5, 5.41) is 10.8. The number of Topliss-reactive ketones (excluding diaryl/α,β-unsaturated/α-hetero) is 1. The third kappa shape index (κ3) is 3.23. The summed E-state index contributed by atoms with van der Waals surface area (Å²) in [6.45, 7) is -0.490. The Hall–Kier alpha value is -2.27. The number of nitrogens with zero attached hydrogens (tertiary/aromatic N) is 1. The highest BCUT2D eigenvalue weighted by Crippen LogP contribution is 2.29. The lowest BCUT2D eigenvalue weighted by molar-refractivity contribution is -0.133. The number of carbonyl (C=O) groups is 2. The highest BCUT2D eigenvalue weighted by Gasteiger charge is 2.40. The number of rotatable bonds is 4. The second-order valence-corrected chi connectivity index (χ2v) is 8.49. The summed E-state index contributed by atoms with van der Waals surface area (Å²) in [5.41, 5.74) is 1.90. The number of benzene rings is 1. The summed E-state index contributed by atoms with van der Waals surface area (Å²) in [6, 6.07) is 6.01. The van der Waals surface area contributed by atoms with Crippen molar-refractivity contribution in [2.24, 2.45) is 0 Å². The molecule has 10 heteroatoms. The summed E-state index contributed by atoms with van der Waals surface area (Å²) in [5.74, 6) is -0.814. The number of amides is 1. The molecule has 1 aliphatic heterocycles. The number of hydroxylamine groups is 1. The minimum atomic E-state index is -4.15. The molecule has 26 heavy (non-hydrogen) atoms.